The average Bonchev–Trinajstić information content (AvgIpc) is 1.35. The molecule has 0 amide bonds. The molecule has 1 heteroatoms. The second kappa shape index (κ2) is 3.23. The monoisotopic (exact) mass is 103 g/mol. The summed E-state index contributed by atoms with van der Waals surface area (Å²) >= 11 is 5.20. The molecule has 35 valence electrons. The maximum Gasteiger partial charge on any atom is 0.0717 e. The molecular weight excluding hydrogens is 95.5 g/mol. The maximum absolute atomic E-state index is 5.20. The first-order valence-electron chi connectivity index (χ1n) is 1.84. The summed E-state index contributed by atoms with van der Waals surface area (Å²) in [5.74, 6) is 1.51. The van der Waals surface area contributed by atoms with Crippen molar-refractivity contribution in [3.8, 4) is 0 Å². The lowest BCUT2D eigenvalue weighted by Crippen LogP contribution is -1.57. The van der Waals surface area contributed by atoms with E-state index in [9.17, 15) is 0 Å². The number of hydrogen-bond acceptors (Lipinski definition) is 0. The first kappa shape index (κ1) is 6.03. The van der Waals surface area contributed by atoms with Gasteiger partial charge < -0.3 is 0 Å². The predicted molar refractivity (Wildman–Crippen MR) is 29.6 cm³/mol. The lowest BCUT2D eigenvalue weighted by atomic mass is 10.3. The number of allylic oxidation sites excluding steroid dienone is 2. The van der Waals surface area contributed by atoms with Gasteiger partial charge in [-0.25, -0.2) is 0 Å². The van der Waals surface area contributed by atoms with E-state index in [4.69, 9.17) is 11.6 Å². The van der Waals surface area contributed by atoms with E-state index in [0.29, 0.717) is 0 Å². The van der Waals surface area contributed by atoms with Crippen molar-refractivity contribution in [2.45, 2.75) is 13.8 Å². The lowest BCUT2D eigenvalue weighted by Gasteiger charge is -1.78. The van der Waals surface area contributed by atoms with Crippen LogP contribution in [-0.4, -0.2) is 0 Å². The second-order valence-electron chi connectivity index (χ2n) is 1.37. The highest BCUT2D eigenvalue weighted by molar-refractivity contribution is 6.24. The smallest absolute Gasteiger partial charge is 0.0717 e. The van der Waals surface area contributed by atoms with Crippen LogP contribution < -0.4 is 0 Å². The highest BCUT2D eigenvalue weighted by Crippen LogP contribution is 1.92. The van der Waals surface area contributed by atoms with Crippen LogP contribution in [0.4, 0.5) is 0 Å². The second-order valence-corrected chi connectivity index (χ2v) is 1.62. The van der Waals surface area contributed by atoms with Gasteiger partial charge in [-0.15, -0.1) is 11.6 Å². The molecule has 0 aromatic carbocycles. The summed E-state index contributed by atoms with van der Waals surface area (Å²) in [6.07, 6.45) is 1.85. The lowest BCUT2D eigenvalue weighted by molar-refractivity contribution is 1.39. The minimum atomic E-state index is 1.23. The summed E-state index contributed by atoms with van der Waals surface area (Å²) in [5.41, 5.74) is 1.23. The van der Waals surface area contributed by atoms with Crippen LogP contribution in [0.25, 0.3) is 0 Å². The molecule has 0 aliphatic heterocycles. The quantitative estimate of drug-likeness (QED) is 0.478. The topological polar surface area (TPSA) is 0 Å². The molecule has 0 rings (SSSR count). The van der Waals surface area contributed by atoms with Crippen LogP contribution >= 0.6 is 11.6 Å². The molecule has 0 nitrogen and oxygen atoms in total. The van der Waals surface area contributed by atoms with Crippen molar-refractivity contribution in [1.29, 1.82) is 0 Å². The van der Waals surface area contributed by atoms with Gasteiger partial charge in [0.25, 0.3) is 0 Å². The van der Waals surface area contributed by atoms with Crippen LogP contribution in [0.5, 0.6) is 0 Å². The fourth-order valence-corrected chi connectivity index (χ4v) is 0.378. The zero-order chi connectivity index (χ0) is 4.99. The zero-order valence-electron chi connectivity index (χ0n) is 4.03. The van der Waals surface area contributed by atoms with Crippen molar-refractivity contribution in [3.63, 3.8) is 0 Å². The molecule has 0 saturated heterocycles. The van der Waals surface area contributed by atoms with Gasteiger partial charge in [0.15, 0.2) is 0 Å². The molecule has 0 aromatic rings. The van der Waals surface area contributed by atoms with Gasteiger partial charge in [0.05, 0.1) is 5.88 Å². The van der Waals surface area contributed by atoms with Gasteiger partial charge in [0, 0.05) is 0 Å². The molecule has 6 heavy (non-hydrogen) atoms. The van der Waals surface area contributed by atoms with Crippen molar-refractivity contribution in [2.24, 2.45) is 0 Å². The molecule has 0 unspecified atom stereocenters. The van der Waals surface area contributed by atoms with E-state index in [0.717, 1.165) is 0 Å². The highest BCUT2D eigenvalue weighted by atomic mass is 35.5. The fourth-order valence-electron chi connectivity index (χ4n) is 0.126. The van der Waals surface area contributed by atoms with E-state index in [-0.39, 0.29) is 0 Å². The molecule has 0 aromatic heterocycles. The minimum Gasteiger partial charge on any atom is -0.117 e. The first-order valence-corrected chi connectivity index (χ1v) is 2.28. The summed E-state index contributed by atoms with van der Waals surface area (Å²) in [7, 11) is 0. The largest absolute Gasteiger partial charge is 0.117 e. The van der Waals surface area contributed by atoms with E-state index in [1.54, 1.807) is 0 Å². The third-order valence-corrected chi connectivity index (χ3v) is 0.522. The molecule has 1 radical (unpaired) electrons. The Labute approximate surface area is 43.8 Å². The molecule has 0 spiro atoms. The summed E-state index contributed by atoms with van der Waals surface area (Å²) < 4.78 is 0. The van der Waals surface area contributed by atoms with E-state index in [1.165, 1.54) is 11.5 Å². The van der Waals surface area contributed by atoms with Crippen LogP contribution in [0.15, 0.2) is 11.6 Å². The molecule has 0 aliphatic rings. The Kier molecular flexibility index (Phi) is 3.24. The molecule has 0 heterocycles. The van der Waals surface area contributed by atoms with Crippen LogP contribution in [0, 0.1) is 5.88 Å². The summed E-state index contributed by atoms with van der Waals surface area (Å²) in [5, 5.41) is 0. The van der Waals surface area contributed by atoms with Crippen molar-refractivity contribution in [3.05, 3.63) is 17.5 Å². The van der Waals surface area contributed by atoms with Gasteiger partial charge in [-0.2, -0.15) is 0 Å². The summed E-state index contributed by atoms with van der Waals surface area (Å²) in [6, 6.07) is 0. The van der Waals surface area contributed by atoms with Crippen molar-refractivity contribution >= 4 is 11.6 Å². The number of rotatable bonds is 1. The van der Waals surface area contributed by atoms with Crippen LogP contribution in [-0.2, 0) is 0 Å². The Bertz CT molecular complexity index is 51.0. The Morgan fingerprint density at radius 3 is 2.00 bits per heavy atom. The van der Waals surface area contributed by atoms with E-state index < -0.39 is 0 Å². The standard InChI is InChI=1S/C5H8Cl/c1-5(2)3-4-6/h3-4H,1-2H3. The Morgan fingerprint density at radius 2 is 2.00 bits per heavy atom. The molecule has 0 fully saturated rings. The molecule has 0 bridgehead atoms. The normalized spacial score (nSPS) is 7.83. The molecule has 0 N–H and O–H groups in total. The van der Waals surface area contributed by atoms with Gasteiger partial charge in [0.2, 0.25) is 0 Å². The van der Waals surface area contributed by atoms with Crippen molar-refractivity contribution in [1.82, 2.24) is 0 Å². The number of halogens is 1. The Balaban J connectivity index is 3.14. The van der Waals surface area contributed by atoms with Gasteiger partial charge in [-0.05, 0) is 13.8 Å². The predicted octanol–water partition coefficient (Wildman–Crippen LogP) is 2.35. The van der Waals surface area contributed by atoms with E-state index in [1.807, 2.05) is 19.9 Å². The van der Waals surface area contributed by atoms with Gasteiger partial charge in [-0.1, -0.05) is 11.6 Å². The molecule has 0 saturated carbocycles. The highest BCUT2D eigenvalue weighted by Gasteiger charge is 1.69. The molecule has 0 aliphatic carbocycles. The van der Waals surface area contributed by atoms with Crippen LogP contribution in [0.3, 0.4) is 0 Å². The molecular formula is C5H8Cl. The summed E-state index contributed by atoms with van der Waals surface area (Å²) in [6.45, 7) is 4.00. The number of hydrogen-bond donors (Lipinski definition) is 0. The van der Waals surface area contributed by atoms with Crippen LogP contribution in [0.1, 0.15) is 13.8 Å². The summed E-state index contributed by atoms with van der Waals surface area (Å²) in [4.78, 5) is 0. The van der Waals surface area contributed by atoms with E-state index in [2.05, 4.69) is 0 Å². The third kappa shape index (κ3) is 4.03. The minimum absolute atomic E-state index is 1.23. The van der Waals surface area contributed by atoms with Gasteiger partial charge in [0.1, 0.15) is 0 Å². The first-order chi connectivity index (χ1) is 2.77. The Morgan fingerprint density at radius 1 is 1.50 bits per heavy atom. The zero-order valence-corrected chi connectivity index (χ0v) is 4.79. The average molecular weight is 104 g/mol. The van der Waals surface area contributed by atoms with E-state index >= 15 is 0 Å². The van der Waals surface area contributed by atoms with Crippen molar-refractivity contribution < 1.29 is 0 Å². The maximum atomic E-state index is 5.20. The van der Waals surface area contributed by atoms with Gasteiger partial charge >= 0.3 is 0 Å². The SMILES string of the molecule is CC(C)=C[CH]Cl. The Hall–Kier alpha value is 0.0300. The van der Waals surface area contributed by atoms with Crippen molar-refractivity contribution in [2.75, 3.05) is 0 Å². The molecule has 0 atom stereocenters. The third-order valence-electron chi connectivity index (χ3n) is 0.396. The fraction of sp³-hybridized carbons (Fsp3) is 0.400. The van der Waals surface area contributed by atoms with Gasteiger partial charge in [-0.3, -0.25) is 0 Å². The van der Waals surface area contributed by atoms with Crippen LogP contribution in [0.2, 0.25) is 0 Å².